The van der Waals surface area contributed by atoms with Crippen molar-refractivity contribution >= 4 is 11.8 Å². The molecule has 0 aromatic heterocycles. The smallest absolute Gasteiger partial charge is 0.238 e. The van der Waals surface area contributed by atoms with Crippen LogP contribution in [0.25, 0.3) is 0 Å². The molecule has 17 heavy (non-hydrogen) atoms. The number of hydrogen-bond donors (Lipinski definition) is 1. The maximum atomic E-state index is 12.2. The van der Waals surface area contributed by atoms with E-state index in [1.54, 1.807) is 11.9 Å². The summed E-state index contributed by atoms with van der Waals surface area (Å²) in [5.41, 5.74) is -0.743. The molecule has 1 fully saturated rings. The van der Waals surface area contributed by atoms with Gasteiger partial charge in [-0.1, -0.05) is 13.3 Å². The topological polar surface area (TPSA) is 49.4 Å². The zero-order chi connectivity index (χ0) is 13.1. The summed E-state index contributed by atoms with van der Waals surface area (Å²) in [5.74, 6) is -0.107. The molecule has 0 atom stereocenters. The first-order chi connectivity index (χ1) is 7.94. The van der Waals surface area contributed by atoms with E-state index in [1.807, 2.05) is 13.8 Å². The zero-order valence-corrected chi connectivity index (χ0v) is 11.4. The highest BCUT2D eigenvalue weighted by atomic mass is 16.2. The molecule has 98 valence electrons. The third-order valence-corrected chi connectivity index (χ3v) is 3.21. The summed E-state index contributed by atoms with van der Waals surface area (Å²) in [4.78, 5) is 25.9. The van der Waals surface area contributed by atoms with Crippen LogP contribution in [0.3, 0.4) is 0 Å². The predicted molar refractivity (Wildman–Crippen MR) is 67.5 cm³/mol. The Morgan fingerprint density at radius 3 is 2.35 bits per heavy atom. The highest BCUT2D eigenvalue weighted by Crippen LogP contribution is 2.47. The van der Waals surface area contributed by atoms with Crippen LogP contribution in [0, 0.1) is 5.41 Å². The van der Waals surface area contributed by atoms with Gasteiger partial charge in [0.25, 0.3) is 0 Å². The van der Waals surface area contributed by atoms with Gasteiger partial charge in [-0.25, -0.2) is 0 Å². The highest BCUT2D eigenvalue weighted by Gasteiger charge is 2.57. The Labute approximate surface area is 104 Å². The van der Waals surface area contributed by atoms with E-state index in [1.165, 1.54) is 0 Å². The molecule has 0 aromatic rings. The van der Waals surface area contributed by atoms with Crippen LogP contribution in [-0.4, -0.2) is 36.3 Å². The third kappa shape index (κ3) is 3.20. The third-order valence-electron chi connectivity index (χ3n) is 3.21. The molecule has 1 saturated carbocycles. The van der Waals surface area contributed by atoms with Gasteiger partial charge < -0.3 is 10.2 Å². The second-order valence-corrected chi connectivity index (χ2v) is 5.29. The molecule has 1 rings (SSSR count). The lowest BCUT2D eigenvalue weighted by molar-refractivity contribution is -0.143. The van der Waals surface area contributed by atoms with E-state index in [0.717, 1.165) is 19.4 Å². The second kappa shape index (κ2) is 5.52. The number of nitrogens with zero attached hydrogens (tertiary/aromatic N) is 1. The molecule has 1 N–H and O–H groups in total. The normalized spacial score (nSPS) is 16.8. The maximum absolute atomic E-state index is 12.2. The molecule has 0 aliphatic heterocycles. The van der Waals surface area contributed by atoms with Gasteiger partial charge in [-0.3, -0.25) is 9.59 Å². The fourth-order valence-corrected chi connectivity index (χ4v) is 1.93. The minimum atomic E-state index is -0.743. The zero-order valence-electron chi connectivity index (χ0n) is 11.4. The lowest BCUT2D eigenvalue weighted by Gasteiger charge is -2.23. The fourth-order valence-electron chi connectivity index (χ4n) is 1.93. The first kappa shape index (κ1) is 14.0. The quantitative estimate of drug-likeness (QED) is 0.716. The summed E-state index contributed by atoms with van der Waals surface area (Å²) >= 11 is 0. The molecule has 1 aliphatic carbocycles. The maximum Gasteiger partial charge on any atom is 0.238 e. The van der Waals surface area contributed by atoms with E-state index in [4.69, 9.17) is 0 Å². The van der Waals surface area contributed by atoms with Crippen LogP contribution in [-0.2, 0) is 9.59 Å². The van der Waals surface area contributed by atoms with Crippen molar-refractivity contribution in [3.8, 4) is 0 Å². The van der Waals surface area contributed by atoms with Crippen LogP contribution >= 0.6 is 0 Å². The van der Waals surface area contributed by atoms with E-state index < -0.39 is 5.41 Å². The summed E-state index contributed by atoms with van der Waals surface area (Å²) in [6.45, 7) is 6.67. The molecule has 0 aromatic carbocycles. The Balaban J connectivity index is 2.58. The number of carbonyl (C=O) groups excluding carboxylic acids is 2. The average molecular weight is 240 g/mol. The molecular formula is C13H24N2O2. The second-order valence-electron chi connectivity index (χ2n) is 5.29. The molecule has 4 heteroatoms. The largest absolute Gasteiger partial charge is 0.353 e. The van der Waals surface area contributed by atoms with E-state index in [-0.39, 0.29) is 17.9 Å². The van der Waals surface area contributed by atoms with Gasteiger partial charge >= 0.3 is 0 Å². The standard InChI is InChI=1S/C13H24N2O2/c1-5-6-9-15(4)12(17)13(7-8-13)11(16)14-10(2)3/h10H,5-9H2,1-4H3,(H,14,16). The highest BCUT2D eigenvalue weighted by molar-refractivity contribution is 6.07. The molecule has 0 saturated heterocycles. The van der Waals surface area contributed by atoms with Crippen molar-refractivity contribution in [3.63, 3.8) is 0 Å². The summed E-state index contributed by atoms with van der Waals surface area (Å²) in [6.07, 6.45) is 3.44. The van der Waals surface area contributed by atoms with Crippen molar-refractivity contribution in [1.82, 2.24) is 10.2 Å². The van der Waals surface area contributed by atoms with Crippen molar-refractivity contribution in [1.29, 1.82) is 0 Å². The van der Waals surface area contributed by atoms with Gasteiger partial charge in [0, 0.05) is 19.6 Å². The number of rotatable bonds is 6. The van der Waals surface area contributed by atoms with Gasteiger partial charge in [0.1, 0.15) is 5.41 Å². The van der Waals surface area contributed by atoms with Crippen LogP contribution in [0.15, 0.2) is 0 Å². The van der Waals surface area contributed by atoms with Crippen LogP contribution in [0.1, 0.15) is 46.5 Å². The van der Waals surface area contributed by atoms with Crippen molar-refractivity contribution < 1.29 is 9.59 Å². The minimum absolute atomic E-state index is 0.0101. The van der Waals surface area contributed by atoms with Crippen molar-refractivity contribution in [2.24, 2.45) is 5.41 Å². The Bertz CT molecular complexity index is 296. The Morgan fingerprint density at radius 2 is 1.94 bits per heavy atom. The fraction of sp³-hybridized carbons (Fsp3) is 0.846. The van der Waals surface area contributed by atoms with E-state index in [9.17, 15) is 9.59 Å². The van der Waals surface area contributed by atoms with Crippen molar-refractivity contribution in [3.05, 3.63) is 0 Å². The molecule has 4 nitrogen and oxygen atoms in total. The summed E-state index contributed by atoms with van der Waals surface area (Å²) in [5, 5.41) is 2.85. The number of carbonyl (C=O) groups is 2. The molecular weight excluding hydrogens is 216 g/mol. The van der Waals surface area contributed by atoms with E-state index in [0.29, 0.717) is 12.8 Å². The predicted octanol–water partition coefficient (Wildman–Crippen LogP) is 1.55. The van der Waals surface area contributed by atoms with Crippen molar-refractivity contribution in [2.45, 2.75) is 52.5 Å². The Hall–Kier alpha value is -1.06. The van der Waals surface area contributed by atoms with Crippen LogP contribution < -0.4 is 5.32 Å². The SMILES string of the molecule is CCCCN(C)C(=O)C1(C(=O)NC(C)C)CC1. The van der Waals surface area contributed by atoms with Gasteiger partial charge in [-0.05, 0) is 33.1 Å². The lowest BCUT2D eigenvalue weighted by atomic mass is 10.0. The molecule has 0 spiro atoms. The van der Waals surface area contributed by atoms with Gasteiger partial charge in [-0.2, -0.15) is 0 Å². The number of nitrogens with one attached hydrogen (secondary N) is 1. The van der Waals surface area contributed by atoms with Crippen LogP contribution in [0.4, 0.5) is 0 Å². The minimum Gasteiger partial charge on any atom is -0.353 e. The molecule has 1 aliphatic rings. The van der Waals surface area contributed by atoms with Gasteiger partial charge in [0.15, 0.2) is 0 Å². The summed E-state index contributed by atoms with van der Waals surface area (Å²) < 4.78 is 0. The Morgan fingerprint density at radius 1 is 1.35 bits per heavy atom. The monoisotopic (exact) mass is 240 g/mol. The average Bonchev–Trinajstić information content (AvgIpc) is 3.05. The van der Waals surface area contributed by atoms with Gasteiger partial charge in [-0.15, -0.1) is 0 Å². The molecule has 0 radical (unpaired) electrons. The first-order valence-electron chi connectivity index (χ1n) is 6.50. The molecule has 0 heterocycles. The van der Waals surface area contributed by atoms with E-state index >= 15 is 0 Å². The van der Waals surface area contributed by atoms with Crippen molar-refractivity contribution in [2.75, 3.05) is 13.6 Å². The molecule has 0 bridgehead atoms. The van der Waals surface area contributed by atoms with Gasteiger partial charge in [0.05, 0.1) is 0 Å². The van der Waals surface area contributed by atoms with E-state index in [2.05, 4.69) is 12.2 Å². The molecule has 2 amide bonds. The Kier molecular flexibility index (Phi) is 4.54. The van der Waals surface area contributed by atoms with Crippen LogP contribution in [0.5, 0.6) is 0 Å². The van der Waals surface area contributed by atoms with Crippen LogP contribution in [0.2, 0.25) is 0 Å². The number of hydrogen-bond acceptors (Lipinski definition) is 2. The first-order valence-corrected chi connectivity index (χ1v) is 6.50. The summed E-state index contributed by atoms with van der Waals surface area (Å²) in [7, 11) is 1.79. The number of amides is 2. The van der Waals surface area contributed by atoms with Gasteiger partial charge in [0.2, 0.25) is 11.8 Å². The number of unbranched alkanes of at least 4 members (excludes halogenated alkanes) is 1. The molecule has 0 unspecified atom stereocenters. The summed E-state index contributed by atoms with van der Waals surface area (Å²) in [6, 6.07) is 0.0914. The lowest BCUT2D eigenvalue weighted by Crippen LogP contribution is -2.45.